The first kappa shape index (κ1) is 25.7. The van der Waals surface area contributed by atoms with Gasteiger partial charge in [-0.15, -0.1) is 0 Å². The van der Waals surface area contributed by atoms with Crippen LogP contribution in [0.2, 0.25) is 0 Å². The molecule has 0 aliphatic carbocycles. The van der Waals surface area contributed by atoms with Crippen LogP contribution in [-0.4, -0.2) is 60.4 Å². The molecule has 2 heterocycles. The van der Waals surface area contributed by atoms with E-state index in [0.29, 0.717) is 19.0 Å². The van der Waals surface area contributed by atoms with Gasteiger partial charge in [0.05, 0.1) is 12.6 Å². The van der Waals surface area contributed by atoms with E-state index in [4.69, 9.17) is 9.73 Å². The maximum Gasteiger partial charge on any atom is 0.321 e. The number of carbonyl (C=O) groups is 2. The van der Waals surface area contributed by atoms with Gasteiger partial charge in [0.25, 0.3) is 0 Å². The van der Waals surface area contributed by atoms with Gasteiger partial charge >= 0.3 is 5.97 Å². The van der Waals surface area contributed by atoms with E-state index >= 15 is 0 Å². The fourth-order valence-corrected chi connectivity index (χ4v) is 5.40. The van der Waals surface area contributed by atoms with Crippen LogP contribution in [0.25, 0.3) is 0 Å². The second-order valence-corrected chi connectivity index (χ2v) is 9.78. The van der Waals surface area contributed by atoms with E-state index in [0.717, 1.165) is 24.2 Å². The number of carbonyl (C=O) groups excluding carboxylic acids is 2. The molecule has 2 aliphatic heterocycles. The van der Waals surface area contributed by atoms with Gasteiger partial charge in [0.1, 0.15) is 6.04 Å². The number of piperazine rings is 1. The van der Waals surface area contributed by atoms with E-state index in [1.807, 2.05) is 43.3 Å². The zero-order valence-corrected chi connectivity index (χ0v) is 21.9. The maximum absolute atomic E-state index is 13.2. The lowest BCUT2D eigenvalue weighted by Gasteiger charge is -2.42. The molecule has 0 spiro atoms. The van der Waals surface area contributed by atoms with Crippen molar-refractivity contribution in [1.82, 2.24) is 15.1 Å². The highest BCUT2D eigenvalue weighted by Crippen LogP contribution is 2.33. The number of nitrogens with one attached hydrogen (secondary N) is 1. The van der Waals surface area contributed by atoms with Crippen LogP contribution in [0.5, 0.6) is 0 Å². The fraction of sp³-hybridized carbons (Fsp3) is 0.323. The number of guanidine groups is 1. The average Bonchev–Trinajstić information content (AvgIpc) is 2.94. The molecule has 7 heteroatoms. The van der Waals surface area contributed by atoms with Crippen LogP contribution in [0, 0.1) is 12.8 Å². The molecule has 2 aliphatic rings. The lowest BCUT2D eigenvalue weighted by atomic mass is 9.90. The molecule has 38 heavy (non-hydrogen) atoms. The molecule has 1 amide bonds. The second kappa shape index (κ2) is 11.6. The Bertz CT molecular complexity index is 1250. The van der Waals surface area contributed by atoms with Crippen LogP contribution in [0.15, 0.2) is 89.9 Å². The van der Waals surface area contributed by atoms with Crippen LogP contribution in [-0.2, 0) is 14.3 Å². The van der Waals surface area contributed by atoms with Crippen LogP contribution in [0.4, 0.5) is 0 Å². The number of hydrogen-bond acceptors (Lipinski definition) is 6. The molecule has 0 bridgehead atoms. The van der Waals surface area contributed by atoms with Crippen molar-refractivity contribution in [2.24, 2.45) is 10.9 Å². The molecule has 1 fully saturated rings. The molecule has 196 valence electrons. The van der Waals surface area contributed by atoms with Gasteiger partial charge in [0.15, 0.2) is 5.92 Å². The van der Waals surface area contributed by atoms with Gasteiger partial charge < -0.3 is 9.64 Å². The summed E-state index contributed by atoms with van der Waals surface area (Å²) in [5.41, 5.74) is 4.40. The van der Waals surface area contributed by atoms with Crippen LogP contribution < -0.4 is 5.32 Å². The summed E-state index contributed by atoms with van der Waals surface area (Å²) in [6.07, 6.45) is 0. The maximum atomic E-state index is 13.2. The van der Waals surface area contributed by atoms with Gasteiger partial charge in [-0.2, -0.15) is 0 Å². The molecule has 5 rings (SSSR count). The summed E-state index contributed by atoms with van der Waals surface area (Å²) in [5, 5.41) is 2.91. The molecule has 3 aromatic rings. The van der Waals surface area contributed by atoms with E-state index in [2.05, 4.69) is 63.6 Å². The van der Waals surface area contributed by atoms with E-state index in [-0.39, 0.29) is 18.6 Å². The SMILES string of the molecule is CCOC(=O)C1C(=O)NC(N2CCN(C(c3ccccc3)c3ccccc3)CC2)=NC1c1cccc(C)c1. The number of nitrogens with zero attached hydrogens (tertiary/aromatic N) is 3. The van der Waals surface area contributed by atoms with Crippen molar-refractivity contribution in [1.29, 1.82) is 0 Å². The molecular weight excluding hydrogens is 476 g/mol. The molecule has 2 unspecified atom stereocenters. The minimum atomic E-state index is -1.01. The highest BCUT2D eigenvalue weighted by Gasteiger charge is 2.42. The van der Waals surface area contributed by atoms with Crippen molar-refractivity contribution in [3.8, 4) is 0 Å². The molecule has 2 atom stereocenters. The van der Waals surface area contributed by atoms with Crippen molar-refractivity contribution >= 4 is 17.8 Å². The average molecular weight is 511 g/mol. The Hall–Kier alpha value is -3.97. The first-order valence-corrected chi connectivity index (χ1v) is 13.3. The van der Waals surface area contributed by atoms with Crippen LogP contribution >= 0.6 is 0 Å². The third-order valence-electron chi connectivity index (χ3n) is 7.23. The van der Waals surface area contributed by atoms with E-state index in [1.165, 1.54) is 11.1 Å². The number of benzene rings is 3. The lowest BCUT2D eigenvalue weighted by Crippen LogP contribution is -2.57. The predicted molar refractivity (Wildman–Crippen MR) is 147 cm³/mol. The number of hydrogen-bond donors (Lipinski definition) is 1. The summed E-state index contributed by atoms with van der Waals surface area (Å²) >= 11 is 0. The third-order valence-corrected chi connectivity index (χ3v) is 7.23. The molecule has 0 saturated carbocycles. The quantitative estimate of drug-likeness (QED) is 0.399. The molecule has 1 N–H and O–H groups in total. The minimum absolute atomic E-state index is 0.149. The zero-order chi connectivity index (χ0) is 26.5. The van der Waals surface area contributed by atoms with Gasteiger partial charge in [-0.1, -0.05) is 90.5 Å². The predicted octanol–water partition coefficient (Wildman–Crippen LogP) is 4.11. The van der Waals surface area contributed by atoms with E-state index < -0.39 is 17.9 Å². The summed E-state index contributed by atoms with van der Waals surface area (Å²) in [4.78, 5) is 35.5. The number of aliphatic imine (C=N–C) groups is 1. The molecule has 0 aromatic heterocycles. The molecular formula is C31H34N4O3. The zero-order valence-electron chi connectivity index (χ0n) is 21.9. The Kier molecular flexibility index (Phi) is 7.84. The van der Waals surface area contributed by atoms with Crippen LogP contribution in [0.1, 0.15) is 41.3 Å². The summed E-state index contributed by atoms with van der Waals surface area (Å²) in [6.45, 7) is 6.98. The van der Waals surface area contributed by atoms with Crippen molar-refractivity contribution in [3.05, 3.63) is 107 Å². The normalized spacial score (nSPS) is 20.1. The van der Waals surface area contributed by atoms with Gasteiger partial charge in [-0.25, -0.2) is 4.99 Å². The highest BCUT2D eigenvalue weighted by molar-refractivity contribution is 6.08. The molecule has 7 nitrogen and oxygen atoms in total. The molecule has 0 radical (unpaired) electrons. The standard InChI is InChI=1S/C31H34N4O3/c1-3-38-30(37)26-27(25-16-10-11-22(2)21-25)32-31(33-29(26)36)35-19-17-34(18-20-35)28(23-12-6-4-7-13-23)24-14-8-5-9-15-24/h4-16,21,26-28H,3,17-20H2,1-2H3,(H,32,33,36). The smallest absolute Gasteiger partial charge is 0.321 e. The highest BCUT2D eigenvalue weighted by atomic mass is 16.5. The fourth-order valence-electron chi connectivity index (χ4n) is 5.40. The summed E-state index contributed by atoms with van der Waals surface area (Å²) in [6, 6.07) is 28.5. The Morgan fingerprint density at radius 3 is 2.16 bits per heavy atom. The number of amides is 1. The third kappa shape index (κ3) is 5.48. The van der Waals surface area contributed by atoms with E-state index in [1.54, 1.807) is 6.92 Å². The molecule has 1 saturated heterocycles. The Labute approximate surface area is 224 Å². The van der Waals surface area contributed by atoms with Crippen LogP contribution in [0.3, 0.4) is 0 Å². The first-order valence-electron chi connectivity index (χ1n) is 13.3. The Morgan fingerprint density at radius 1 is 0.947 bits per heavy atom. The van der Waals surface area contributed by atoms with Crippen molar-refractivity contribution in [2.45, 2.75) is 25.9 Å². The monoisotopic (exact) mass is 510 g/mol. The number of aryl methyl sites for hydroxylation is 1. The Balaban J connectivity index is 1.38. The van der Waals surface area contributed by atoms with E-state index in [9.17, 15) is 9.59 Å². The topological polar surface area (TPSA) is 74.2 Å². The van der Waals surface area contributed by atoms with Crippen molar-refractivity contribution in [2.75, 3.05) is 32.8 Å². The number of rotatable bonds is 6. The second-order valence-electron chi connectivity index (χ2n) is 9.78. The molecule has 3 aromatic carbocycles. The van der Waals surface area contributed by atoms with Gasteiger partial charge in [0.2, 0.25) is 11.9 Å². The van der Waals surface area contributed by atoms with Gasteiger partial charge in [-0.3, -0.25) is 19.8 Å². The lowest BCUT2D eigenvalue weighted by molar-refractivity contribution is -0.153. The number of ether oxygens (including phenoxy) is 1. The first-order chi connectivity index (χ1) is 18.5. The number of esters is 1. The minimum Gasteiger partial charge on any atom is -0.465 e. The summed E-state index contributed by atoms with van der Waals surface area (Å²) in [5.74, 6) is -1.40. The van der Waals surface area contributed by atoms with Gasteiger partial charge in [-0.05, 0) is 30.5 Å². The Morgan fingerprint density at radius 2 is 1.58 bits per heavy atom. The van der Waals surface area contributed by atoms with Crippen molar-refractivity contribution in [3.63, 3.8) is 0 Å². The largest absolute Gasteiger partial charge is 0.465 e. The van der Waals surface area contributed by atoms with Gasteiger partial charge in [0, 0.05) is 26.2 Å². The summed E-state index contributed by atoms with van der Waals surface area (Å²) in [7, 11) is 0. The van der Waals surface area contributed by atoms with Crippen molar-refractivity contribution < 1.29 is 14.3 Å². The summed E-state index contributed by atoms with van der Waals surface area (Å²) < 4.78 is 5.25.